The zero-order valence-corrected chi connectivity index (χ0v) is 18.5. The van der Waals surface area contributed by atoms with Crippen LogP contribution in [0.1, 0.15) is 52.0 Å². The third kappa shape index (κ3) is 5.27. The normalized spacial score (nSPS) is 16.1. The zero-order chi connectivity index (χ0) is 22.3. The van der Waals surface area contributed by atoms with E-state index >= 15 is 0 Å². The molecule has 4 nitrogen and oxygen atoms in total. The maximum atomic E-state index is 12.9. The first-order valence-electron chi connectivity index (χ1n) is 11.3. The van der Waals surface area contributed by atoms with Crippen molar-refractivity contribution < 1.29 is 9.90 Å². The average molecular weight is 427 g/mol. The van der Waals surface area contributed by atoms with Gasteiger partial charge in [0, 0.05) is 31.2 Å². The fourth-order valence-electron chi connectivity index (χ4n) is 4.32. The molecule has 164 valence electrons. The van der Waals surface area contributed by atoms with Gasteiger partial charge in [-0.3, -0.25) is 9.69 Å². The summed E-state index contributed by atoms with van der Waals surface area (Å²) in [5, 5.41) is 13.0. The molecule has 0 aromatic heterocycles. The van der Waals surface area contributed by atoms with Gasteiger partial charge < -0.3 is 10.4 Å². The Morgan fingerprint density at radius 3 is 2.72 bits per heavy atom. The van der Waals surface area contributed by atoms with E-state index in [1.54, 1.807) is 6.07 Å². The first-order valence-corrected chi connectivity index (χ1v) is 11.3. The van der Waals surface area contributed by atoms with Crippen LogP contribution in [0.3, 0.4) is 0 Å². The third-order valence-corrected chi connectivity index (χ3v) is 6.14. The van der Waals surface area contributed by atoms with E-state index < -0.39 is 0 Å². The highest BCUT2D eigenvalue weighted by Crippen LogP contribution is 2.33. The summed E-state index contributed by atoms with van der Waals surface area (Å²) in [6.07, 6.45) is 5.89. The first-order chi connectivity index (χ1) is 15.6. The van der Waals surface area contributed by atoms with Gasteiger partial charge in [-0.15, -0.1) is 0 Å². The maximum absolute atomic E-state index is 12.9. The van der Waals surface area contributed by atoms with Gasteiger partial charge in [0.05, 0.1) is 0 Å². The largest absolute Gasteiger partial charge is 0.508 e. The highest BCUT2D eigenvalue weighted by molar-refractivity contribution is 5.95. The van der Waals surface area contributed by atoms with Crippen LogP contribution >= 0.6 is 0 Å². The van der Waals surface area contributed by atoms with E-state index in [4.69, 9.17) is 0 Å². The number of amides is 1. The molecule has 1 heterocycles. The molecule has 0 spiro atoms. The van der Waals surface area contributed by atoms with E-state index in [1.807, 2.05) is 54.6 Å². The fraction of sp³-hybridized carbons (Fsp3) is 0.250. The number of nitrogens with one attached hydrogen (secondary N) is 1. The number of fused-ring (bicyclic) bond motifs is 1. The third-order valence-electron chi connectivity index (χ3n) is 6.14. The lowest BCUT2D eigenvalue weighted by atomic mass is 9.92. The number of hydrogen-bond donors (Lipinski definition) is 2. The van der Waals surface area contributed by atoms with E-state index in [1.165, 1.54) is 11.1 Å². The lowest BCUT2D eigenvalue weighted by Gasteiger charge is -2.35. The van der Waals surface area contributed by atoms with Gasteiger partial charge in [0.2, 0.25) is 0 Å². The summed E-state index contributed by atoms with van der Waals surface area (Å²) in [5.74, 6) is 0.273. The lowest BCUT2D eigenvalue weighted by Crippen LogP contribution is -2.34. The molecule has 32 heavy (non-hydrogen) atoms. The molecule has 1 aliphatic rings. The van der Waals surface area contributed by atoms with Crippen LogP contribution in [0.2, 0.25) is 0 Å². The van der Waals surface area contributed by atoms with Gasteiger partial charge in [-0.2, -0.15) is 0 Å². The van der Waals surface area contributed by atoms with E-state index in [0.29, 0.717) is 18.8 Å². The predicted molar refractivity (Wildman–Crippen MR) is 130 cm³/mol. The van der Waals surface area contributed by atoms with Crippen LogP contribution in [0.25, 0.3) is 6.08 Å². The van der Waals surface area contributed by atoms with Crippen LogP contribution < -0.4 is 5.32 Å². The summed E-state index contributed by atoms with van der Waals surface area (Å²) in [6.45, 7) is 4.40. The molecular weight excluding hydrogens is 396 g/mol. The minimum atomic E-state index is -0.0311. The highest BCUT2D eigenvalue weighted by Gasteiger charge is 2.25. The van der Waals surface area contributed by atoms with Gasteiger partial charge in [0.25, 0.3) is 5.91 Å². The van der Waals surface area contributed by atoms with Gasteiger partial charge in [-0.05, 0) is 60.2 Å². The number of carbonyl (C=O) groups excluding carboxylic acids is 1. The van der Waals surface area contributed by atoms with Crippen molar-refractivity contribution in [2.75, 3.05) is 13.1 Å². The second kappa shape index (κ2) is 10.3. The topological polar surface area (TPSA) is 52.6 Å². The van der Waals surface area contributed by atoms with Crippen LogP contribution in [0, 0.1) is 0 Å². The minimum Gasteiger partial charge on any atom is -0.508 e. The Kier molecular flexibility index (Phi) is 7.03. The van der Waals surface area contributed by atoms with E-state index in [9.17, 15) is 9.90 Å². The van der Waals surface area contributed by atoms with Gasteiger partial charge in [-0.25, -0.2) is 0 Å². The summed E-state index contributed by atoms with van der Waals surface area (Å²) in [5.41, 5.74) is 5.38. The van der Waals surface area contributed by atoms with Crippen molar-refractivity contribution in [3.8, 4) is 5.75 Å². The first kappa shape index (κ1) is 21.8. The van der Waals surface area contributed by atoms with Crippen molar-refractivity contribution in [1.29, 1.82) is 0 Å². The van der Waals surface area contributed by atoms with Crippen molar-refractivity contribution in [3.63, 3.8) is 0 Å². The summed E-state index contributed by atoms with van der Waals surface area (Å²) in [7, 11) is 0. The molecule has 0 aliphatic carbocycles. The summed E-state index contributed by atoms with van der Waals surface area (Å²) in [4.78, 5) is 15.2. The Morgan fingerprint density at radius 2 is 1.88 bits per heavy atom. The van der Waals surface area contributed by atoms with Crippen molar-refractivity contribution in [2.45, 2.75) is 32.4 Å². The molecule has 0 saturated carbocycles. The Labute approximate surface area is 190 Å². The minimum absolute atomic E-state index is 0.0311. The summed E-state index contributed by atoms with van der Waals surface area (Å²) in [6, 6.07) is 23.8. The predicted octanol–water partition coefficient (Wildman–Crippen LogP) is 5.34. The van der Waals surface area contributed by atoms with Crippen molar-refractivity contribution in [2.24, 2.45) is 0 Å². The van der Waals surface area contributed by atoms with E-state index in [0.717, 1.165) is 36.1 Å². The van der Waals surface area contributed by atoms with Crippen LogP contribution in [0.4, 0.5) is 0 Å². The molecule has 3 aromatic carbocycles. The molecule has 1 aliphatic heterocycles. The number of phenolic OH excluding ortho intramolecular Hbond substituents is 1. The molecule has 0 saturated heterocycles. The molecule has 0 radical (unpaired) electrons. The monoisotopic (exact) mass is 426 g/mol. The van der Waals surface area contributed by atoms with Crippen molar-refractivity contribution in [1.82, 2.24) is 10.2 Å². The fourth-order valence-corrected chi connectivity index (χ4v) is 4.32. The number of aromatic hydroxyl groups is 1. The number of phenols is 1. The Balaban J connectivity index is 1.37. The SMILES string of the molecule is CC1c2cc(O)ccc2CCN1Cc1ccccc1C(=O)NCCC=Cc1ccccc1. The molecule has 0 bridgehead atoms. The standard InChI is InChI=1S/C28H30N2O2/c1-21-27-19-25(31)15-14-23(27)16-18-30(21)20-24-12-5-6-13-26(24)28(32)29-17-8-7-11-22-9-3-2-4-10-22/h2-7,9-15,19,21,31H,8,16-18,20H2,1H3,(H,29,32). The average Bonchev–Trinajstić information content (AvgIpc) is 2.82. The molecule has 4 heteroatoms. The summed E-state index contributed by atoms with van der Waals surface area (Å²) >= 11 is 0. The molecule has 1 amide bonds. The van der Waals surface area contributed by atoms with Crippen LogP contribution in [-0.2, 0) is 13.0 Å². The number of nitrogens with zero attached hydrogens (tertiary/aromatic N) is 1. The quantitative estimate of drug-likeness (QED) is 0.501. The molecule has 2 N–H and O–H groups in total. The second-order valence-electron chi connectivity index (χ2n) is 8.29. The summed E-state index contributed by atoms with van der Waals surface area (Å²) < 4.78 is 0. The highest BCUT2D eigenvalue weighted by atomic mass is 16.3. The number of benzene rings is 3. The Morgan fingerprint density at radius 1 is 1.09 bits per heavy atom. The van der Waals surface area contributed by atoms with E-state index in [2.05, 4.69) is 41.4 Å². The van der Waals surface area contributed by atoms with Gasteiger partial charge in [-0.1, -0.05) is 66.7 Å². The van der Waals surface area contributed by atoms with Crippen molar-refractivity contribution >= 4 is 12.0 Å². The van der Waals surface area contributed by atoms with Crippen LogP contribution in [-0.4, -0.2) is 29.0 Å². The maximum Gasteiger partial charge on any atom is 0.251 e. The molecule has 4 rings (SSSR count). The Hall–Kier alpha value is -3.37. The Bertz CT molecular complexity index is 1090. The molecular formula is C28H30N2O2. The zero-order valence-electron chi connectivity index (χ0n) is 18.5. The van der Waals surface area contributed by atoms with Gasteiger partial charge >= 0.3 is 0 Å². The molecule has 1 atom stereocenters. The second-order valence-corrected chi connectivity index (χ2v) is 8.29. The number of hydrogen-bond acceptors (Lipinski definition) is 3. The number of carbonyl (C=O) groups is 1. The van der Waals surface area contributed by atoms with E-state index in [-0.39, 0.29) is 11.9 Å². The van der Waals surface area contributed by atoms with Crippen molar-refractivity contribution in [3.05, 3.63) is 107 Å². The lowest BCUT2D eigenvalue weighted by molar-refractivity contribution is 0.0951. The molecule has 0 fully saturated rings. The number of rotatable bonds is 7. The smallest absolute Gasteiger partial charge is 0.251 e. The van der Waals surface area contributed by atoms with Crippen LogP contribution in [0.5, 0.6) is 5.75 Å². The van der Waals surface area contributed by atoms with Crippen LogP contribution in [0.15, 0.2) is 78.9 Å². The van der Waals surface area contributed by atoms with Gasteiger partial charge in [0.15, 0.2) is 0 Å². The van der Waals surface area contributed by atoms with Gasteiger partial charge in [0.1, 0.15) is 5.75 Å². The molecule has 3 aromatic rings. The molecule has 1 unspecified atom stereocenters.